The van der Waals surface area contributed by atoms with E-state index in [-0.39, 0.29) is 11.8 Å². The fraction of sp³-hybridized carbons (Fsp3) is 0.588. The first kappa shape index (κ1) is 15.8. The highest BCUT2D eigenvalue weighted by atomic mass is 16.3. The Morgan fingerprint density at radius 3 is 2.62 bits per heavy atom. The van der Waals surface area contributed by atoms with Gasteiger partial charge in [0.2, 0.25) is 5.91 Å². The molecule has 0 saturated carbocycles. The van der Waals surface area contributed by atoms with Crippen LogP contribution in [0.4, 0.5) is 0 Å². The predicted octanol–water partition coefficient (Wildman–Crippen LogP) is 0.959. The van der Waals surface area contributed by atoms with E-state index >= 15 is 0 Å². The summed E-state index contributed by atoms with van der Waals surface area (Å²) in [6.07, 6.45) is 1.87. The van der Waals surface area contributed by atoms with Crippen LogP contribution in [0, 0.1) is 11.8 Å². The third-order valence-corrected chi connectivity index (χ3v) is 4.18. The quantitative estimate of drug-likeness (QED) is 0.757. The SMILES string of the molecule is CC(C)CNC(=O)C1CC[NH+](Cc2ccccc2O)CC1. The molecule has 0 spiro atoms. The summed E-state index contributed by atoms with van der Waals surface area (Å²) in [6, 6.07) is 7.52. The van der Waals surface area contributed by atoms with Crippen molar-refractivity contribution in [1.29, 1.82) is 0 Å². The van der Waals surface area contributed by atoms with Gasteiger partial charge in [0.1, 0.15) is 12.3 Å². The van der Waals surface area contributed by atoms with Crippen LogP contribution in [-0.4, -0.2) is 30.6 Å². The highest BCUT2D eigenvalue weighted by molar-refractivity contribution is 5.78. The zero-order chi connectivity index (χ0) is 15.2. The number of piperidine rings is 1. The summed E-state index contributed by atoms with van der Waals surface area (Å²) < 4.78 is 0. The number of hydrogen-bond acceptors (Lipinski definition) is 2. The second-order valence-corrected chi connectivity index (χ2v) is 6.47. The number of hydrogen-bond donors (Lipinski definition) is 3. The lowest BCUT2D eigenvalue weighted by Gasteiger charge is -2.29. The highest BCUT2D eigenvalue weighted by Crippen LogP contribution is 2.15. The molecule has 4 heteroatoms. The molecular formula is C17H27N2O2+. The van der Waals surface area contributed by atoms with Crippen LogP contribution >= 0.6 is 0 Å². The summed E-state index contributed by atoms with van der Waals surface area (Å²) in [5.41, 5.74) is 0.996. The van der Waals surface area contributed by atoms with Crippen LogP contribution in [0.1, 0.15) is 32.3 Å². The topological polar surface area (TPSA) is 53.8 Å². The van der Waals surface area contributed by atoms with Crippen molar-refractivity contribution in [2.24, 2.45) is 11.8 Å². The van der Waals surface area contributed by atoms with Gasteiger partial charge in [0.05, 0.1) is 13.1 Å². The van der Waals surface area contributed by atoms with Gasteiger partial charge in [0, 0.05) is 30.9 Å². The van der Waals surface area contributed by atoms with E-state index in [1.54, 1.807) is 6.07 Å². The van der Waals surface area contributed by atoms with Gasteiger partial charge in [-0.15, -0.1) is 0 Å². The minimum atomic E-state index is 0.164. The van der Waals surface area contributed by atoms with Gasteiger partial charge in [-0.3, -0.25) is 4.79 Å². The van der Waals surface area contributed by atoms with E-state index in [1.165, 1.54) is 4.90 Å². The van der Waals surface area contributed by atoms with Crippen LogP contribution in [-0.2, 0) is 11.3 Å². The molecule has 1 heterocycles. The number of phenolic OH excluding ortho intramolecular Hbond substituents is 1. The molecule has 1 fully saturated rings. The van der Waals surface area contributed by atoms with Crippen molar-refractivity contribution in [3.05, 3.63) is 29.8 Å². The largest absolute Gasteiger partial charge is 0.507 e. The van der Waals surface area contributed by atoms with Crippen LogP contribution < -0.4 is 10.2 Å². The van der Waals surface area contributed by atoms with Crippen molar-refractivity contribution in [2.45, 2.75) is 33.2 Å². The molecule has 116 valence electrons. The van der Waals surface area contributed by atoms with Crippen LogP contribution in [0.5, 0.6) is 5.75 Å². The summed E-state index contributed by atoms with van der Waals surface area (Å²) in [5.74, 6) is 1.25. The summed E-state index contributed by atoms with van der Waals surface area (Å²) in [6.45, 7) is 7.82. The van der Waals surface area contributed by atoms with E-state index in [4.69, 9.17) is 0 Å². The number of nitrogens with one attached hydrogen (secondary N) is 2. The number of benzene rings is 1. The summed E-state index contributed by atoms with van der Waals surface area (Å²) >= 11 is 0. The Hall–Kier alpha value is -1.55. The second kappa shape index (κ2) is 7.46. The lowest BCUT2D eigenvalue weighted by molar-refractivity contribution is -0.919. The zero-order valence-electron chi connectivity index (χ0n) is 13.1. The first-order valence-corrected chi connectivity index (χ1v) is 7.94. The molecule has 0 atom stereocenters. The minimum absolute atomic E-state index is 0.164. The fourth-order valence-corrected chi connectivity index (χ4v) is 2.84. The number of para-hydroxylation sites is 1. The lowest BCUT2D eigenvalue weighted by Crippen LogP contribution is -3.11. The van der Waals surface area contributed by atoms with Crippen molar-refractivity contribution in [2.75, 3.05) is 19.6 Å². The van der Waals surface area contributed by atoms with E-state index in [1.807, 2.05) is 18.2 Å². The highest BCUT2D eigenvalue weighted by Gasteiger charge is 2.27. The number of likely N-dealkylation sites (tertiary alicyclic amines) is 1. The standard InChI is InChI=1S/C17H26N2O2/c1-13(2)11-18-17(21)14-7-9-19(10-8-14)12-15-5-3-4-6-16(15)20/h3-6,13-14,20H,7-12H2,1-2H3,(H,18,21)/p+1. The Kier molecular flexibility index (Phi) is 5.62. The lowest BCUT2D eigenvalue weighted by atomic mass is 9.95. The number of aromatic hydroxyl groups is 1. The predicted molar refractivity (Wildman–Crippen MR) is 83.1 cm³/mol. The average Bonchev–Trinajstić information content (AvgIpc) is 2.48. The molecule has 2 rings (SSSR count). The van der Waals surface area contributed by atoms with Gasteiger partial charge < -0.3 is 15.3 Å². The molecule has 1 saturated heterocycles. The fourth-order valence-electron chi connectivity index (χ4n) is 2.84. The number of phenols is 1. The number of carbonyl (C=O) groups is 1. The molecule has 1 aromatic carbocycles. The maximum atomic E-state index is 12.1. The van der Waals surface area contributed by atoms with E-state index in [0.717, 1.165) is 44.6 Å². The second-order valence-electron chi connectivity index (χ2n) is 6.47. The summed E-state index contributed by atoms with van der Waals surface area (Å²) in [4.78, 5) is 13.5. The first-order chi connectivity index (χ1) is 10.1. The van der Waals surface area contributed by atoms with Crippen LogP contribution in [0.15, 0.2) is 24.3 Å². The third kappa shape index (κ3) is 4.74. The maximum Gasteiger partial charge on any atom is 0.223 e. The molecular weight excluding hydrogens is 264 g/mol. The molecule has 0 bridgehead atoms. The van der Waals surface area contributed by atoms with Crippen molar-refractivity contribution in [3.8, 4) is 5.75 Å². The molecule has 1 aromatic rings. The van der Waals surface area contributed by atoms with Gasteiger partial charge in [0.15, 0.2) is 0 Å². The van der Waals surface area contributed by atoms with Crippen molar-refractivity contribution < 1.29 is 14.8 Å². The normalized spacial score (nSPS) is 22.2. The van der Waals surface area contributed by atoms with Gasteiger partial charge in [-0.2, -0.15) is 0 Å². The van der Waals surface area contributed by atoms with Crippen molar-refractivity contribution in [1.82, 2.24) is 5.32 Å². The molecule has 1 aliphatic heterocycles. The molecule has 0 aliphatic carbocycles. The van der Waals surface area contributed by atoms with Crippen LogP contribution in [0.2, 0.25) is 0 Å². The van der Waals surface area contributed by atoms with E-state index in [2.05, 4.69) is 19.2 Å². The Labute approximate surface area is 127 Å². The molecule has 21 heavy (non-hydrogen) atoms. The Morgan fingerprint density at radius 2 is 2.00 bits per heavy atom. The number of carbonyl (C=O) groups excluding carboxylic acids is 1. The third-order valence-electron chi connectivity index (χ3n) is 4.18. The summed E-state index contributed by atoms with van der Waals surface area (Å²) in [5, 5.41) is 12.9. The van der Waals surface area contributed by atoms with Crippen molar-refractivity contribution in [3.63, 3.8) is 0 Å². The number of amides is 1. The van der Waals surface area contributed by atoms with E-state index < -0.39 is 0 Å². The van der Waals surface area contributed by atoms with Crippen molar-refractivity contribution >= 4 is 5.91 Å². The molecule has 3 N–H and O–H groups in total. The molecule has 1 aliphatic rings. The van der Waals surface area contributed by atoms with Crippen LogP contribution in [0.25, 0.3) is 0 Å². The Morgan fingerprint density at radius 1 is 1.33 bits per heavy atom. The molecule has 1 amide bonds. The molecule has 0 radical (unpaired) electrons. The monoisotopic (exact) mass is 291 g/mol. The Bertz CT molecular complexity index is 466. The van der Waals surface area contributed by atoms with Crippen LogP contribution in [0.3, 0.4) is 0 Å². The van der Waals surface area contributed by atoms with Gasteiger partial charge in [-0.1, -0.05) is 26.0 Å². The minimum Gasteiger partial charge on any atom is -0.507 e. The van der Waals surface area contributed by atoms with Gasteiger partial charge >= 0.3 is 0 Å². The maximum absolute atomic E-state index is 12.1. The molecule has 4 nitrogen and oxygen atoms in total. The zero-order valence-corrected chi connectivity index (χ0v) is 13.1. The first-order valence-electron chi connectivity index (χ1n) is 7.94. The number of rotatable bonds is 5. The van der Waals surface area contributed by atoms with Gasteiger partial charge in [-0.25, -0.2) is 0 Å². The molecule has 0 unspecified atom stereocenters. The Balaban J connectivity index is 1.78. The van der Waals surface area contributed by atoms with E-state index in [0.29, 0.717) is 11.7 Å². The molecule has 0 aromatic heterocycles. The van der Waals surface area contributed by atoms with Gasteiger partial charge in [-0.05, 0) is 18.1 Å². The smallest absolute Gasteiger partial charge is 0.223 e. The summed E-state index contributed by atoms with van der Waals surface area (Å²) in [7, 11) is 0. The number of quaternary nitrogens is 1. The van der Waals surface area contributed by atoms with Gasteiger partial charge in [0.25, 0.3) is 0 Å². The van der Waals surface area contributed by atoms with E-state index in [9.17, 15) is 9.90 Å². The average molecular weight is 291 g/mol.